The van der Waals surface area contributed by atoms with Crippen molar-refractivity contribution in [3.63, 3.8) is 0 Å². The van der Waals surface area contributed by atoms with Crippen LogP contribution in [0, 0.1) is 5.92 Å². The molecule has 1 aromatic rings. The molecule has 5 nitrogen and oxygen atoms in total. The molecule has 100 valence electrons. The topological polar surface area (TPSA) is 56.1 Å². The Bertz CT molecular complexity index is 469. The molecule has 0 aliphatic carbocycles. The summed E-state index contributed by atoms with van der Waals surface area (Å²) in [6.45, 7) is 6.01. The van der Waals surface area contributed by atoms with E-state index in [1.807, 2.05) is 6.92 Å². The second kappa shape index (κ2) is 5.71. The maximum Gasteiger partial charge on any atom is 0.287 e. The fraction of sp³-hybridized carbons (Fsp3) is 0.667. The molecule has 1 saturated heterocycles. The summed E-state index contributed by atoms with van der Waals surface area (Å²) < 4.78 is 6.70. The van der Waals surface area contributed by atoms with E-state index >= 15 is 0 Å². The highest BCUT2D eigenvalue weighted by Gasteiger charge is 2.23. The Hall–Kier alpha value is -1.07. The smallest absolute Gasteiger partial charge is 0.287 e. The van der Waals surface area contributed by atoms with Crippen LogP contribution in [0.2, 0.25) is 5.02 Å². The Kier molecular flexibility index (Phi) is 4.24. The number of ether oxygens (including phenoxy) is 1. The first-order valence-electron chi connectivity index (χ1n) is 6.23. The molecule has 0 saturated carbocycles. The molecule has 0 spiro atoms. The highest BCUT2D eigenvalue weighted by Crippen LogP contribution is 2.22. The van der Waals surface area contributed by atoms with Crippen molar-refractivity contribution in [1.82, 2.24) is 9.78 Å². The molecule has 1 fully saturated rings. The van der Waals surface area contributed by atoms with Gasteiger partial charge >= 0.3 is 0 Å². The van der Waals surface area contributed by atoms with E-state index in [1.54, 1.807) is 6.20 Å². The Morgan fingerprint density at radius 3 is 3.11 bits per heavy atom. The summed E-state index contributed by atoms with van der Waals surface area (Å²) in [6.07, 6.45) is 2.64. The number of rotatable bonds is 4. The summed E-state index contributed by atoms with van der Waals surface area (Å²) in [4.78, 5) is 11.8. The lowest BCUT2D eigenvalue weighted by atomic mass is 10.0. The van der Waals surface area contributed by atoms with E-state index in [-0.39, 0.29) is 16.6 Å². The van der Waals surface area contributed by atoms with Crippen LogP contribution in [0.3, 0.4) is 0 Å². The van der Waals surface area contributed by atoms with E-state index < -0.39 is 0 Å². The van der Waals surface area contributed by atoms with Gasteiger partial charge in [-0.2, -0.15) is 5.10 Å². The minimum Gasteiger partial charge on any atom is -0.381 e. The maximum atomic E-state index is 11.8. The third-order valence-corrected chi connectivity index (χ3v) is 3.70. The quantitative estimate of drug-likeness (QED) is 0.907. The molecule has 1 aromatic heterocycles. The molecule has 6 heteroatoms. The summed E-state index contributed by atoms with van der Waals surface area (Å²) >= 11 is 6.06. The Morgan fingerprint density at radius 2 is 2.50 bits per heavy atom. The van der Waals surface area contributed by atoms with Crippen molar-refractivity contribution >= 4 is 17.3 Å². The molecule has 1 aliphatic rings. The molecule has 2 heterocycles. The van der Waals surface area contributed by atoms with E-state index in [1.165, 1.54) is 4.68 Å². The van der Waals surface area contributed by atoms with Crippen LogP contribution < -0.4 is 10.9 Å². The first-order valence-corrected chi connectivity index (χ1v) is 6.61. The standard InChI is InChI=1S/C12H18ClN3O2/c1-3-16-12(17)11(13)10(6-14-16)15-8(2)9-4-5-18-7-9/h6,8-9,15H,3-5,7H2,1-2H3. The summed E-state index contributed by atoms with van der Waals surface area (Å²) in [5.41, 5.74) is 0.352. The van der Waals surface area contributed by atoms with Crippen LogP contribution in [0.1, 0.15) is 20.3 Å². The average molecular weight is 272 g/mol. The van der Waals surface area contributed by atoms with Gasteiger partial charge in [0.1, 0.15) is 5.02 Å². The molecule has 0 bridgehead atoms. The highest BCUT2D eigenvalue weighted by molar-refractivity contribution is 6.32. The van der Waals surface area contributed by atoms with Gasteiger partial charge in [-0.25, -0.2) is 4.68 Å². The molecule has 2 atom stereocenters. The number of hydrogen-bond donors (Lipinski definition) is 1. The monoisotopic (exact) mass is 271 g/mol. The normalized spacial score (nSPS) is 20.9. The Balaban J connectivity index is 2.14. The van der Waals surface area contributed by atoms with Crippen LogP contribution in [0.4, 0.5) is 5.69 Å². The van der Waals surface area contributed by atoms with Gasteiger partial charge in [-0.15, -0.1) is 0 Å². The van der Waals surface area contributed by atoms with Gasteiger partial charge in [0.25, 0.3) is 5.56 Å². The number of hydrogen-bond acceptors (Lipinski definition) is 4. The largest absolute Gasteiger partial charge is 0.381 e. The number of aryl methyl sites for hydroxylation is 1. The third-order valence-electron chi connectivity index (χ3n) is 3.34. The molecule has 1 aliphatic heterocycles. The van der Waals surface area contributed by atoms with Crippen molar-refractivity contribution < 1.29 is 4.74 Å². The molecule has 2 rings (SSSR count). The molecule has 0 aromatic carbocycles. The number of anilines is 1. The number of aromatic nitrogens is 2. The summed E-state index contributed by atoms with van der Waals surface area (Å²) in [5.74, 6) is 0.453. The van der Waals surface area contributed by atoms with Crippen molar-refractivity contribution in [3.8, 4) is 0 Å². The highest BCUT2D eigenvalue weighted by atomic mass is 35.5. The third kappa shape index (κ3) is 2.67. The van der Waals surface area contributed by atoms with Crippen LogP contribution in [-0.2, 0) is 11.3 Å². The lowest BCUT2D eigenvalue weighted by Crippen LogP contribution is -2.29. The van der Waals surface area contributed by atoms with E-state index in [0.29, 0.717) is 18.2 Å². The fourth-order valence-corrected chi connectivity index (χ4v) is 2.30. The average Bonchev–Trinajstić information content (AvgIpc) is 2.89. The van der Waals surface area contributed by atoms with E-state index in [2.05, 4.69) is 17.3 Å². The lowest BCUT2D eigenvalue weighted by molar-refractivity contribution is 0.183. The van der Waals surface area contributed by atoms with Gasteiger partial charge < -0.3 is 10.1 Å². The summed E-state index contributed by atoms with van der Waals surface area (Å²) in [5, 5.41) is 7.53. The zero-order chi connectivity index (χ0) is 13.1. The Labute approximate surface area is 111 Å². The number of nitrogens with zero attached hydrogens (tertiary/aromatic N) is 2. The van der Waals surface area contributed by atoms with Gasteiger partial charge in [-0.1, -0.05) is 11.6 Å². The minimum absolute atomic E-state index is 0.206. The van der Waals surface area contributed by atoms with Crippen molar-refractivity contribution in [2.24, 2.45) is 5.92 Å². The molecule has 2 unspecified atom stereocenters. The minimum atomic E-state index is -0.251. The second-order valence-corrected chi connectivity index (χ2v) is 4.93. The van der Waals surface area contributed by atoms with Crippen LogP contribution >= 0.6 is 11.6 Å². The van der Waals surface area contributed by atoms with Gasteiger partial charge in [-0.3, -0.25) is 4.79 Å². The Morgan fingerprint density at radius 1 is 1.72 bits per heavy atom. The van der Waals surface area contributed by atoms with Gasteiger partial charge in [0.15, 0.2) is 0 Å². The van der Waals surface area contributed by atoms with Crippen LogP contribution in [0.5, 0.6) is 0 Å². The second-order valence-electron chi connectivity index (χ2n) is 4.55. The van der Waals surface area contributed by atoms with Crippen LogP contribution in [0.25, 0.3) is 0 Å². The predicted molar refractivity (Wildman–Crippen MR) is 71.2 cm³/mol. The first kappa shape index (κ1) is 13.4. The van der Waals surface area contributed by atoms with Gasteiger partial charge in [-0.05, 0) is 20.3 Å². The van der Waals surface area contributed by atoms with E-state index in [9.17, 15) is 4.79 Å². The molecule has 18 heavy (non-hydrogen) atoms. The van der Waals surface area contributed by atoms with E-state index in [0.717, 1.165) is 19.6 Å². The molecule has 0 amide bonds. The molecule has 0 radical (unpaired) electrons. The zero-order valence-corrected chi connectivity index (χ0v) is 11.4. The molecular formula is C12H18ClN3O2. The van der Waals surface area contributed by atoms with Gasteiger partial charge in [0, 0.05) is 25.1 Å². The SMILES string of the molecule is CCn1ncc(NC(C)C2CCOC2)c(Cl)c1=O. The van der Waals surface area contributed by atoms with E-state index in [4.69, 9.17) is 16.3 Å². The summed E-state index contributed by atoms with van der Waals surface area (Å²) in [7, 11) is 0. The predicted octanol–water partition coefficient (Wildman–Crippen LogP) is 1.75. The maximum absolute atomic E-state index is 11.8. The number of nitrogens with one attached hydrogen (secondary N) is 1. The van der Waals surface area contributed by atoms with Crippen molar-refractivity contribution in [3.05, 3.63) is 21.6 Å². The molecule has 1 N–H and O–H groups in total. The summed E-state index contributed by atoms with van der Waals surface area (Å²) in [6, 6.07) is 0.212. The van der Waals surface area contributed by atoms with Crippen molar-refractivity contribution in [2.45, 2.75) is 32.9 Å². The van der Waals surface area contributed by atoms with Gasteiger partial charge in [0.2, 0.25) is 0 Å². The first-order chi connectivity index (χ1) is 8.63. The van der Waals surface area contributed by atoms with Crippen molar-refractivity contribution in [2.75, 3.05) is 18.5 Å². The molecular weight excluding hydrogens is 254 g/mol. The van der Waals surface area contributed by atoms with Crippen LogP contribution in [0.15, 0.2) is 11.0 Å². The number of halogens is 1. The van der Waals surface area contributed by atoms with Crippen molar-refractivity contribution in [1.29, 1.82) is 0 Å². The lowest BCUT2D eigenvalue weighted by Gasteiger charge is -2.20. The van der Waals surface area contributed by atoms with Gasteiger partial charge in [0.05, 0.1) is 18.5 Å². The zero-order valence-electron chi connectivity index (χ0n) is 10.6. The van der Waals surface area contributed by atoms with Crippen LogP contribution in [-0.4, -0.2) is 29.0 Å². The fourth-order valence-electron chi connectivity index (χ4n) is 2.10.